The van der Waals surface area contributed by atoms with Gasteiger partial charge in [-0.15, -0.1) is 0 Å². The van der Waals surface area contributed by atoms with E-state index >= 15 is 0 Å². The molecule has 0 saturated heterocycles. The molecule has 0 aliphatic heterocycles. The number of carbonyl (C=O) groups is 1. The van der Waals surface area contributed by atoms with E-state index in [0.717, 1.165) is 12.1 Å². The Kier molecular flexibility index (Phi) is 3.55. The molecule has 1 aromatic rings. The van der Waals surface area contributed by atoms with E-state index in [4.69, 9.17) is 4.74 Å². The van der Waals surface area contributed by atoms with Gasteiger partial charge in [0.25, 0.3) is 0 Å². The number of hydrogen-bond donors (Lipinski definition) is 0. The SMILES string of the molecule is CCOc1cc(F)c([N+](=O)[O-])cc1C(C)=O. The number of carbonyl (C=O) groups excluding carboxylic acids is 1. The van der Waals surface area contributed by atoms with E-state index in [9.17, 15) is 19.3 Å². The molecule has 6 heteroatoms. The van der Waals surface area contributed by atoms with Gasteiger partial charge in [-0.2, -0.15) is 4.39 Å². The molecule has 16 heavy (non-hydrogen) atoms. The van der Waals surface area contributed by atoms with E-state index in [2.05, 4.69) is 0 Å². The van der Waals surface area contributed by atoms with E-state index in [-0.39, 0.29) is 17.9 Å². The van der Waals surface area contributed by atoms with E-state index in [1.807, 2.05) is 0 Å². The lowest BCUT2D eigenvalue weighted by Crippen LogP contribution is -2.03. The molecular weight excluding hydrogens is 217 g/mol. The monoisotopic (exact) mass is 227 g/mol. The first kappa shape index (κ1) is 12.1. The minimum absolute atomic E-state index is 0.00921. The molecule has 0 aromatic heterocycles. The highest BCUT2D eigenvalue weighted by Gasteiger charge is 2.20. The molecule has 0 radical (unpaired) electrons. The van der Waals surface area contributed by atoms with Crippen LogP contribution in [0.4, 0.5) is 10.1 Å². The van der Waals surface area contributed by atoms with Gasteiger partial charge < -0.3 is 4.74 Å². The van der Waals surface area contributed by atoms with Crippen LogP contribution >= 0.6 is 0 Å². The quantitative estimate of drug-likeness (QED) is 0.449. The molecule has 0 heterocycles. The smallest absolute Gasteiger partial charge is 0.305 e. The van der Waals surface area contributed by atoms with Gasteiger partial charge in [0.1, 0.15) is 5.75 Å². The second-order valence-corrected chi connectivity index (χ2v) is 3.05. The van der Waals surface area contributed by atoms with Crippen LogP contribution in [0.15, 0.2) is 12.1 Å². The fraction of sp³-hybridized carbons (Fsp3) is 0.300. The van der Waals surface area contributed by atoms with Gasteiger partial charge in [-0.25, -0.2) is 0 Å². The normalized spacial score (nSPS) is 9.94. The van der Waals surface area contributed by atoms with Gasteiger partial charge in [0.05, 0.1) is 17.1 Å². The second-order valence-electron chi connectivity index (χ2n) is 3.05. The Morgan fingerprint density at radius 1 is 1.56 bits per heavy atom. The van der Waals surface area contributed by atoms with Crippen molar-refractivity contribution in [2.45, 2.75) is 13.8 Å². The average Bonchev–Trinajstić information content (AvgIpc) is 2.17. The highest BCUT2D eigenvalue weighted by Crippen LogP contribution is 2.28. The summed E-state index contributed by atoms with van der Waals surface area (Å²) in [6, 6.07) is 1.75. The average molecular weight is 227 g/mol. The third-order valence-corrected chi connectivity index (χ3v) is 1.92. The van der Waals surface area contributed by atoms with Gasteiger partial charge in [0.2, 0.25) is 5.82 Å². The summed E-state index contributed by atoms with van der Waals surface area (Å²) in [6.07, 6.45) is 0. The van der Waals surface area contributed by atoms with Crippen LogP contribution in [0.25, 0.3) is 0 Å². The van der Waals surface area contributed by atoms with Crippen LogP contribution in [-0.4, -0.2) is 17.3 Å². The maximum Gasteiger partial charge on any atom is 0.305 e. The van der Waals surface area contributed by atoms with Crippen molar-refractivity contribution in [3.63, 3.8) is 0 Å². The van der Waals surface area contributed by atoms with E-state index < -0.39 is 22.2 Å². The van der Waals surface area contributed by atoms with Crippen LogP contribution in [0.5, 0.6) is 5.75 Å². The van der Waals surface area contributed by atoms with E-state index in [1.165, 1.54) is 6.92 Å². The largest absolute Gasteiger partial charge is 0.493 e. The van der Waals surface area contributed by atoms with Crippen LogP contribution < -0.4 is 4.74 Å². The van der Waals surface area contributed by atoms with Crippen molar-refractivity contribution in [1.82, 2.24) is 0 Å². The fourth-order valence-electron chi connectivity index (χ4n) is 1.23. The topological polar surface area (TPSA) is 69.4 Å². The first-order valence-corrected chi connectivity index (χ1v) is 4.59. The van der Waals surface area contributed by atoms with Crippen molar-refractivity contribution < 1.29 is 18.8 Å². The zero-order valence-electron chi connectivity index (χ0n) is 8.82. The predicted molar refractivity (Wildman–Crippen MR) is 54.2 cm³/mol. The van der Waals surface area contributed by atoms with Gasteiger partial charge in [0.15, 0.2) is 5.78 Å². The molecule has 5 nitrogen and oxygen atoms in total. The number of halogens is 1. The summed E-state index contributed by atoms with van der Waals surface area (Å²) in [5, 5.41) is 10.5. The van der Waals surface area contributed by atoms with Gasteiger partial charge in [-0.3, -0.25) is 14.9 Å². The summed E-state index contributed by atoms with van der Waals surface area (Å²) in [6.45, 7) is 3.15. The van der Waals surface area contributed by atoms with Crippen molar-refractivity contribution in [2.24, 2.45) is 0 Å². The highest BCUT2D eigenvalue weighted by atomic mass is 19.1. The highest BCUT2D eigenvalue weighted by molar-refractivity contribution is 5.97. The number of Topliss-reactive ketones (excluding diaryl/α,β-unsaturated/α-hetero) is 1. The Balaban J connectivity index is 3.36. The van der Waals surface area contributed by atoms with Gasteiger partial charge >= 0.3 is 5.69 Å². The lowest BCUT2D eigenvalue weighted by atomic mass is 10.1. The zero-order chi connectivity index (χ0) is 12.3. The molecular formula is C10H10FNO4. The van der Waals surface area contributed by atoms with Crippen molar-refractivity contribution in [3.05, 3.63) is 33.6 Å². The predicted octanol–water partition coefficient (Wildman–Crippen LogP) is 2.34. The fourth-order valence-corrected chi connectivity index (χ4v) is 1.23. The van der Waals surface area contributed by atoms with Crippen molar-refractivity contribution in [3.8, 4) is 5.75 Å². The molecule has 0 aliphatic rings. The van der Waals surface area contributed by atoms with E-state index in [1.54, 1.807) is 6.92 Å². The lowest BCUT2D eigenvalue weighted by molar-refractivity contribution is -0.387. The summed E-state index contributed by atoms with van der Waals surface area (Å²) >= 11 is 0. The number of ketones is 1. The second kappa shape index (κ2) is 4.69. The Morgan fingerprint density at radius 3 is 2.62 bits per heavy atom. The molecule has 0 N–H and O–H groups in total. The minimum atomic E-state index is -1.02. The van der Waals surface area contributed by atoms with Crippen LogP contribution in [0.3, 0.4) is 0 Å². The third kappa shape index (κ3) is 2.33. The summed E-state index contributed by atoms with van der Waals surface area (Å²) in [5.74, 6) is -1.40. The Morgan fingerprint density at radius 2 is 2.19 bits per heavy atom. The molecule has 0 bridgehead atoms. The molecule has 1 rings (SSSR count). The number of nitro groups is 1. The van der Waals surface area contributed by atoms with E-state index in [0.29, 0.717) is 0 Å². The summed E-state index contributed by atoms with van der Waals surface area (Å²) in [7, 11) is 0. The Hall–Kier alpha value is -1.98. The maximum atomic E-state index is 13.2. The summed E-state index contributed by atoms with van der Waals surface area (Å²) in [5.41, 5.74) is -0.719. The van der Waals surface area contributed by atoms with Crippen molar-refractivity contribution in [2.75, 3.05) is 6.61 Å². The Bertz CT molecular complexity index is 445. The molecule has 0 saturated carbocycles. The molecule has 0 spiro atoms. The van der Waals surface area contributed by atoms with Gasteiger partial charge in [-0.05, 0) is 13.8 Å². The lowest BCUT2D eigenvalue weighted by Gasteiger charge is -2.07. The number of hydrogen-bond acceptors (Lipinski definition) is 4. The third-order valence-electron chi connectivity index (χ3n) is 1.92. The van der Waals surface area contributed by atoms with Crippen LogP contribution in [0, 0.1) is 15.9 Å². The van der Waals surface area contributed by atoms with Gasteiger partial charge in [-0.1, -0.05) is 0 Å². The number of ether oxygens (including phenoxy) is 1. The number of nitro benzene ring substituents is 1. The van der Waals surface area contributed by atoms with Crippen LogP contribution in [-0.2, 0) is 0 Å². The Labute approximate surface area is 91.0 Å². The minimum Gasteiger partial charge on any atom is -0.493 e. The summed E-state index contributed by atoms with van der Waals surface area (Å²) < 4.78 is 18.3. The number of nitrogens with zero attached hydrogens (tertiary/aromatic N) is 1. The summed E-state index contributed by atoms with van der Waals surface area (Å²) in [4.78, 5) is 20.8. The zero-order valence-corrected chi connectivity index (χ0v) is 8.82. The number of rotatable bonds is 4. The molecule has 0 fully saturated rings. The van der Waals surface area contributed by atoms with Crippen LogP contribution in [0.1, 0.15) is 24.2 Å². The molecule has 0 aliphatic carbocycles. The van der Waals surface area contributed by atoms with Gasteiger partial charge in [0, 0.05) is 12.1 Å². The molecule has 86 valence electrons. The van der Waals surface area contributed by atoms with Crippen molar-refractivity contribution in [1.29, 1.82) is 0 Å². The standard InChI is InChI=1S/C10H10FNO4/c1-3-16-10-5-8(11)9(12(14)15)4-7(10)6(2)13/h4-5H,3H2,1-2H3. The first-order chi connectivity index (χ1) is 7.47. The molecule has 0 atom stereocenters. The van der Waals surface area contributed by atoms with Crippen molar-refractivity contribution >= 4 is 11.5 Å². The maximum absolute atomic E-state index is 13.2. The van der Waals surface area contributed by atoms with Crippen LogP contribution in [0.2, 0.25) is 0 Å². The molecule has 1 aromatic carbocycles. The number of benzene rings is 1. The first-order valence-electron chi connectivity index (χ1n) is 4.59. The molecule has 0 unspecified atom stereocenters. The molecule has 0 amide bonds.